The maximum absolute atomic E-state index is 12.3. The number of ether oxygens (including phenoxy) is 1. The molecule has 0 fully saturated rings. The highest BCUT2D eigenvalue weighted by Gasteiger charge is 2.46. The lowest BCUT2D eigenvalue weighted by Crippen LogP contribution is -2.30. The van der Waals surface area contributed by atoms with Gasteiger partial charge in [0.1, 0.15) is 6.10 Å². The number of carbonyl (C=O) groups is 1. The van der Waals surface area contributed by atoms with Gasteiger partial charge in [0.2, 0.25) is 0 Å². The number of hydrogen-bond acceptors (Lipinski definition) is 4. The molecule has 0 saturated heterocycles. The van der Waals surface area contributed by atoms with Gasteiger partial charge in [-0.3, -0.25) is 4.72 Å². The number of rotatable bonds is 4. The van der Waals surface area contributed by atoms with Crippen molar-refractivity contribution in [1.29, 1.82) is 0 Å². The molecule has 1 unspecified atom stereocenters. The first-order valence-corrected chi connectivity index (χ1v) is 7.87. The topological polar surface area (TPSA) is 98.5 Å². The molecule has 0 saturated carbocycles. The molecule has 10 heteroatoms. The van der Waals surface area contributed by atoms with Crippen molar-refractivity contribution in [3.05, 3.63) is 29.8 Å². The number of nitrogens with two attached hydrogens (primary N) is 1. The Kier molecular flexibility index (Phi) is 5.20. The number of amides is 1. The van der Waals surface area contributed by atoms with Crippen LogP contribution in [0, 0.1) is 5.41 Å². The minimum atomic E-state index is -5.49. The Morgan fingerprint density at radius 1 is 1.17 bits per heavy atom. The van der Waals surface area contributed by atoms with E-state index in [0.717, 1.165) is 12.1 Å². The summed E-state index contributed by atoms with van der Waals surface area (Å²) in [4.78, 5) is 11.0. The molecule has 0 spiro atoms. The summed E-state index contributed by atoms with van der Waals surface area (Å²) in [6.07, 6.45) is -1.74. The predicted octanol–water partition coefficient (Wildman–Crippen LogP) is 3.13. The van der Waals surface area contributed by atoms with Crippen molar-refractivity contribution in [1.82, 2.24) is 0 Å². The van der Waals surface area contributed by atoms with Crippen LogP contribution in [0.3, 0.4) is 0 Å². The Morgan fingerprint density at radius 2 is 1.65 bits per heavy atom. The Balaban J connectivity index is 3.06. The molecule has 3 N–H and O–H groups in total. The highest BCUT2D eigenvalue weighted by molar-refractivity contribution is 7.93. The van der Waals surface area contributed by atoms with Gasteiger partial charge in [-0.25, -0.2) is 4.79 Å². The largest absolute Gasteiger partial charge is 0.516 e. The average Bonchev–Trinajstić information content (AvgIpc) is 2.34. The number of benzene rings is 1. The number of alkyl halides is 3. The van der Waals surface area contributed by atoms with Crippen LogP contribution in [0.1, 0.15) is 32.4 Å². The molecular weight excluding hydrogens is 337 g/mol. The molecule has 6 nitrogen and oxygen atoms in total. The van der Waals surface area contributed by atoms with Gasteiger partial charge < -0.3 is 10.5 Å². The maximum atomic E-state index is 12.3. The van der Waals surface area contributed by atoms with Crippen LogP contribution >= 0.6 is 0 Å². The summed E-state index contributed by atoms with van der Waals surface area (Å²) in [5, 5.41) is 0. The van der Waals surface area contributed by atoms with Crippen LogP contribution in [-0.4, -0.2) is 20.0 Å². The van der Waals surface area contributed by atoms with E-state index in [1.807, 2.05) is 0 Å². The molecule has 130 valence electrons. The first kappa shape index (κ1) is 19.1. The molecule has 1 aromatic carbocycles. The van der Waals surface area contributed by atoms with E-state index in [0.29, 0.717) is 5.56 Å². The van der Waals surface area contributed by atoms with Crippen LogP contribution < -0.4 is 10.5 Å². The number of anilines is 1. The van der Waals surface area contributed by atoms with Gasteiger partial charge in [0.15, 0.2) is 0 Å². The number of halogens is 3. The fourth-order valence-electron chi connectivity index (χ4n) is 1.80. The fourth-order valence-corrected chi connectivity index (χ4v) is 2.36. The molecule has 1 aromatic rings. The van der Waals surface area contributed by atoms with Crippen LogP contribution in [0.5, 0.6) is 0 Å². The highest BCUT2D eigenvalue weighted by atomic mass is 32.2. The Labute approximate surface area is 131 Å². The van der Waals surface area contributed by atoms with Crippen molar-refractivity contribution in [2.45, 2.75) is 32.4 Å². The minimum Gasteiger partial charge on any atom is -0.441 e. The van der Waals surface area contributed by atoms with Gasteiger partial charge in [-0.2, -0.15) is 21.6 Å². The summed E-state index contributed by atoms with van der Waals surface area (Å²) in [6.45, 7) is 5.34. The molecule has 0 aliphatic heterocycles. The summed E-state index contributed by atoms with van der Waals surface area (Å²) >= 11 is 0. The average molecular weight is 354 g/mol. The van der Waals surface area contributed by atoms with Gasteiger partial charge in [-0.05, 0) is 17.7 Å². The summed E-state index contributed by atoms with van der Waals surface area (Å²) < 4.78 is 65.4. The molecule has 0 aliphatic carbocycles. The van der Waals surface area contributed by atoms with Gasteiger partial charge >= 0.3 is 21.6 Å². The second-order valence-corrected chi connectivity index (χ2v) is 7.53. The van der Waals surface area contributed by atoms with Gasteiger partial charge in [0, 0.05) is 11.1 Å². The van der Waals surface area contributed by atoms with E-state index in [4.69, 9.17) is 10.5 Å². The minimum absolute atomic E-state index is 0.266. The van der Waals surface area contributed by atoms with Crippen LogP contribution in [0.25, 0.3) is 0 Å². The van der Waals surface area contributed by atoms with E-state index in [1.54, 1.807) is 20.8 Å². The van der Waals surface area contributed by atoms with Crippen molar-refractivity contribution < 1.29 is 31.1 Å². The monoisotopic (exact) mass is 354 g/mol. The molecule has 1 rings (SSSR count). The zero-order valence-corrected chi connectivity index (χ0v) is 13.5. The first-order valence-electron chi connectivity index (χ1n) is 6.39. The number of carbonyl (C=O) groups excluding carboxylic acids is 1. The summed E-state index contributed by atoms with van der Waals surface area (Å²) in [5.74, 6) is 0. The van der Waals surface area contributed by atoms with E-state index in [1.165, 1.54) is 16.9 Å². The second kappa shape index (κ2) is 6.26. The maximum Gasteiger partial charge on any atom is 0.516 e. The summed E-state index contributed by atoms with van der Waals surface area (Å²) in [5.41, 5.74) is -0.725. The van der Waals surface area contributed by atoms with Gasteiger partial charge in [0.05, 0.1) is 0 Å². The van der Waals surface area contributed by atoms with Crippen molar-refractivity contribution in [2.75, 3.05) is 4.72 Å². The Hall–Kier alpha value is -1.97. The lowest BCUT2D eigenvalue weighted by Gasteiger charge is -2.30. The molecule has 1 amide bonds. The van der Waals surface area contributed by atoms with Crippen LogP contribution in [-0.2, 0) is 14.8 Å². The molecule has 23 heavy (non-hydrogen) atoms. The summed E-state index contributed by atoms with van der Waals surface area (Å²) in [6, 6.07) is 4.99. The Morgan fingerprint density at radius 3 is 2.00 bits per heavy atom. The van der Waals surface area contributed by atoms with Gasteiger partial charge in [0.25, 0.3) is 0 Å². The smallest absolute Gasteiger partial charge is 0.441 e. The zero-order valence-electron chi connectivity index (χ0n) is 12.6. The fraction of sp³-hybridized carbons (Fsp3) is 0.462. The molecule has 0 radical (unpaired) electrons. The third kappa shape index (κ3) is 5.02. The van der Waals surface area contributed by atoms with E-state index in [2.05, 4.69) is 0 Å². The van der Waals surface area contributed by atoms with E-state index in [-0.39, 0.29) is 5.69 Å². The molecule has 0 aliphatic rings. The van der Waals surface area contributed by atoms with E-state index in [9.17, 15) is 26.4 Å². The second-order valence-electron chi connectivity index (χ2n) is 5.86. The molecule has 0 heterocycles. The highest BCUT2D eigenvalue weighted by Crippen LogP contribution is 2.36. The van der Waals surface area contributed by atoms with Crippen LogP contribution in [0.2, 0.25) is 0 Å². The molecule has 0 aromatic heterocycles. The normalized spacial score (nSPS) is 14.2. The van der Waals surface area contributed by atoms with Crippen molar-refractivity contribution >= 4 is 21.8 Å². The lowest BCUT2D eigenvalue weighted by atomic mass is 9.84. The van der Waals surface area contributed by atoms with E-state index >= 15 is 0 Å². The molecule has 1 atom stereocenters. The zero-order chi connectivity index (χ0) is 18.1. The number of nitrogens with one attached hydrogen (secondary N) is 1. The lowest BCUT2D eigenvalue weighted by molar-refractivity contribution is -0.0429. The van der Waals surface area contributed by atoms with Crippen molar-refractivity contribution in [3.8, 4) is 0 Å². The molecule has 0 bridgehead atoms. The number of sulfonamides is 1. The molecular formula is C13H17F3N2O4S. The third-order valence-corrected chi connectivity index (χ3v) is 3.90. The number of primary amides is 1. The Bertz CT molecular complexity index is 664. The third-order valence-electron chi connectivity index (χ3n) is 2.79. The number of hydrogen-bond donors (Lipinski definition) is 2. The van der Waals surface area contributed by atoms with Gasteiger partial charge in [-0.15, -0.1) is 0 Å². The standard InChI is InChI=1S/C13H17F3N2O4S/c1-12(2,3)10(22-11(17)19)8-4-6-9(7-5-8)18-23(20,21)13(14,15)16/h4-7,10,18H,1-3H3,(H2,17,19). The summed E-state index contributed by atoms with van der Waals surface area (Å²) in [7, 11) is -5.49. The van der Waals surface area contributed by atoms with Crippen molar-refractivity contribution in [3.63, 3.8) is 0 Å². The quantitative estimate of drug-likeness (QED) is 0.868. The van der Waals surface area contributed by atoms with E-state index < -0.39 is 33.1 Å². The first-order chi connectivity index (χ1) is 10.2. The predicted molar refractivity (Wildman–Crippen MR) is 77.9 cm³/mol. The van der Waals surface area contributed by atoms with Crippen LogP contribution in [0.4, 0.5) is 23.7 Å². The van der Waals surface area contributed by atoms with Gasteiger partial charge in [-0.1, -0.05) is 32.9 Å². The SMILES string of the molecule is CC(C)(C)C(OC(N)=O)c1ccc(NS(=O)(=O)C(F)(F)F)cc1. The van der Waals surface area contributed by atoms with Crippen molar-refractivity contribution in [2.24, 2.45) is 11.1 Å². The van der Waals surface area contributed by atoms with Crippen LogP contribution in [0.15, 0.2) is 24.3 Å².